The number of hydrogen-bond acceptors (Lipinski definition) is 4. The number of benzene rings is 1. The molecular formula is C14H20N2O4S. The number of urea groups is 1. The first-order valence-corrected chi connectivity index (χ1v) is 8.79. The number of hydrogen-bond donors (Lipinski definition) is 3. The summed E-state index contributed by atoms with van der Waals surface area (Å²) in [5.41, 5.74) is 0.436. The van der Waals surface area contributed by atoms with Gasteiger partial charge in [-0.2, -0.15) is 0 Å². The number of anilines is 1. The molecule has 1 fully saturated rings. The van der Waals surface area contributed by atoms with E-state index in [2.05, 4.69) is 10.6 Å². The van der Waals surface area contributed by atoms with Crippen molar-refractivity contribution in [2.45, 2.75) is 42.7 Å². The van der Waals surface area contributed by atoms with Gasteiger partial charge in [-0.25, -0.2) is 13.2 Å². The molecular weight excluding hydrogens is 292 g/mol. The van der Waals surface area contributed by atoms with E-state index in [1.807, 2.05) is 0 Å². The molecule has 0 spiro atoms. The molecule has 6 nitrogen and oxygen atoms in total. The van der Waals surface area contributed by atoms with Crippen LogP contribution >= 0.6 is 0 Å². The van der Waals surface area contributed by atoms with Crippen molar-refractivity contribution >= 4 is 21.6 Å². The van der Waals surface area contributed by atoms with E-state index < -0.39 is 9.84 Å². The summed E-state index contributed by atoms with van der Waals surface area (Å²) in [6.45, 7) is 0. The Kier molecular flexibility index (Phi) is 4.84. The molecule has 7 heteroatoms. The molecule has 1 aliphatic rings. The average molecular weight is 312 g/mol. The van der Waals surface area contributed by atoms with Crippen LogP contribution in [0.4, 0.5) is 10.5 Å². The summed E-state index contributed by atoms with van der Waals surface area (Å²) in [7, 11) is -3.29. The van der Waals surface area contributed by atoms with E-state index in [-0.39, 0.29) is 23.1 Å². The fraction of sp³-hybridized carbons (Fsp3) is 0.500. The Bertz CT molecular complexity index is 607. The molecule has 0 unspecified atom stereocenters. The predicted octanol–water partition coefficient (Wildman–Crippen LogP) is 1.52. The maximum absolute atomic E-state index is 11.9. The summed E-state index contributed by atoms with van der Waals surface area (Å²) in [6, 6.07) is 5.83. The molecule has 1 aliphatic carbocycles. The lowest BCUT2D eigenvalue weighted by Crippen LogP contribution is -2.40. The number of rotatable bonds is 3. The van der Waals surface area contributed by atoms with Gasteiger partial charge in [0, 0.05) is 18.0 Å². The van der Waals surface area contributed by atoms with Gasteiger partial charge in [0.15, 0.2) is 9.84 Å². The highest BCUT2D eigenvalue weighted by Crippen LogP contribution is 2.19. The minimum Gasteiger partial charge on any atom is -0.393 e. The molecule has 2 rings (SSSR count). The van der Waals surface area contributed by atoms with Gasteiger partial charge in [-0.3, -0.25) is 0 Å². The molecule has 3 N–H and O–H groups in total. The Balaban J connectivity index is 1.94. The highest BCUT2D eigenvalue weighted by atomic mass is 32.2. The molecule has 1 aromatic rings. The second-order valence-electron chi connectivity index (χ2n) is 5.40. The van der Waals surface area contributed by atoms with Crippen molar-refractivity contribution in [1.82, 2.24) is 5.32 Å². The van der Waals surface area contributed by atoms with Crippen molar-refractivity contribution in [3.8, 4) is 0 Å². The highest BCUT2D eigenvalue weighted by molar-refractivity contribution is 7.90. The maximum atomic E-state index is 11.9. The predicted molar refractivity (Wildman–Crippen MR) is 80.0 cm³/mol. The summed E-state index contributed by atoms with van der Waals surface area (Å²) in [5, 5.41) is 14.9. The first-order chi connectivity index (χ1) is 9.84. The number of carbonyl (C=O) groups is 1. The molecule has 0 bridgehead atoms. The van der Waals surface area contributed by atoms with Crippen LogP contribution in [-0.4, -0.2) is 38.0 Å². The average Bonchev–Trinajstić information content (AvgIpc) is 2.41. The van der Waals surface area contributed by atoms with Crippen molar-refractivity contribution in [3.05, 3.63) is 24.3 Å². The van der Waals surface area contributed by atoms with Gasteiger partial charge in [-0.15, -0.1) is 0 Å². The van der Waals surface area contributed by atoms with E-state index in [9.17, 15) is 18.3 Å². The summed E-state index contributed by atoms with van der Waals surface area (Å²) in [6.07, 6.45) is 3.73. The Morgan fingerprint density at radius 2 is 1.90 bits per heavy atom. The molecule has 0 atom stereocenters. The number of amides is 2. The van der Waals surface area contributed by atoms with Crippen molar-refractivity contribution in [1.29, 1.82) is 0 Å². The minimum atomic E-state index is -3.29. The molecule has 0 heterocycles. The van der Waals surface area contributed by atoms with Crippen LogP contribution < -0.4 is 10.6 Å². The first kappa shape index (κ1) is 15.8. The van der Waals surface area contributed by atoms with Crippen molar-refractivity contribution < 1.29 is 18.3 Å². The van der Waals surface area contributed by atoms with Gasteiger partial charge in [0.2, 0.25) is 0 Å². The Labute approximate surface area is 124 Å². The largest absolute Gasteiger partial charge is 0.393 e. The van der Waals surface area contributed by atoms with E-state index in [1.54, 1.807) is 12.1 Å². The zero-order valence-electron chi connectivity index (χ0n) is 11.9. The second kappa shape index (κ2) is 6.44. The lowest BCUT2D eigenvalue weighted by Gasteiger charge is -2.26. The van der Waals surface area contributed by atoms with Gasteiger partial charge >= 0.3 is 6.03 Å². The minimum absolute atomic E-state index is 0.0477. The number of sulfone groups is 1. The summed E-state index contributed by atoms with van der Waals surface area (Å²) in [4.78, 5) is 12.1. The lowest BCUT2D eigenvalue weighted by molar-refractivity contribution is 0.118. The van der Waals surface area contributed by atoms with Crippen molar-refractivity contribution in [2.24, 2.45) is 0 Å². The van der Waals surface area contributed by atoms with E-state index in [4.69, 9.17) is 0 Å². The zero-order chi connectivity index (χ0) is 15.5. The van der Waals surface area contributed by atoms with Gasteiger partial charge in [-0.05, 0) is 43.9 Å². The van der Waals surface area contributed by atoms with Crippen LogP contribution in [0, 0.1) is 0 Å². The fourth-order valence-electron chi connectivity index (χ4n) is 2.38. The van der Waals surface area contributed by atoms with Gasteiger partial charge in [0.05, 0.1) is 11.0 Å². The van der Waals surface area contributed by atoms with Crippen LogP contribution in [0.25, 0.3) is 0 Å². The summed E-state index contributed by atoms with van der Waals surface area (Å²) in [5.74, 6) is 0. The third kappa shape index (κ3) is 4.71. The molecule has 2 amide bonds. The van der Waals surface area contributed by atoms with E-state index in [0.717, 1.165) is 19.1 Å². The quantitative estimate of drug-likeness (QED) is 0.788. The molecule has 0 saturated heterocycles. The molecule has 116 valence electrons. The standard InChI is InChI=1S/C14H20N2O4S/c1-21(19,20)13-4-2-3-11(9-13)16-14(18)15-10-5-7-12(17)8-6-10/h2-4,9-10,12,17H,5-8H2,1H3,(H2,15,16,18). The number of aliphatic hydroxyl groups is 1. The Hall–Kier alpha value is -1.60. The van der Waals surface area contributed by atoms with Gasteiger partial charge in [0.25, 0.3) is 0 Å². The van der Waals surface area contributed by atoms with Gasteiger partial charge in [0.1, 0.15) is 0 Å². The van der Waals surface area contributed by atoms with Crippen LogP contribution in [-0.2, 0) is 9.84 Å². The number of aliphatic hydroxyl groups excluding tert-OH is 1. The Morgan fingerprint density at radius 1 is 1.24 bits per heavy atom. The number of carbonyl (C=O) groups excluding carboxylic acids is 1. The topological polar surface area (TPSA) is 95.5 Å². The zero-order valence-corrected chi connectivity index (χ0v) is 12.7. The van der Waals surface area contributed by atoms with E-state index >= 15 is 0 Å². The van der Waals surface area contributed by atoms with Crippen LogP contribution in [0.15, 0.2) is 29.2 Å². The third-order valence-corrected chi connectivity index (χ3v) is 4.66. The van der Waals surface area contributed by atoms with Gasteiger partial charge in [-0.1, -0.05) is 6.07 Å². The highest BCUT2D eigenvalue weighted by Gasteiger charge is 2.20. The van der Waals surface area contributed by atoms with Crippen LogP contribution in [0.1, 0.15) is 25.7 Å². The van der Waals surface area contributed by atoms with E-state index in [0.29, 0.717) is 18.5 Å². The molecule has 0 radical (unpaired) electrons. The molecule has 1 saturated carbocycles. The van der Waals surface area contributed by atoms with Crippen molar-refractivity contribution in [3.63, 3.8) is 0 Å². The smallest absolute Gasteiger partial charge is 0.319 e. The van der Waals surface area contributed by atoms with Crippen LogP contribution in [0.2, 0.25) is 0 Å². The molecule has 1 aromatic carbocycles. The lowest BCUT2D eigenvalue weighted by atomic mass is 9.93. The van der Waals surface area contributed by atoms with Crippen LogP contribution in [0.5, 0.6) is 0 Å². The molecule has 0 aliphatic heterocycles. The Morgan fingerprint density at radius 3 is 2.52 bits per heavy atom. The fourth-order valence-corrected chi connectivity index (χ4v) is 3.04. The second-order valence-corrected chi connectivity index (χ2v) is 7.42. The maximum Gasteiger partial charge on any atom is 0.319 e. The number of nitrogens with one attached hydrogen (secondary N) is 2. The molecule has 21 heavy (non-hydrogen) atoms. The van der Waals surface area contributed by atoms with Crippen LogP contribution in [0.3, 0.4) is 0 Å². The summed E-state index contributed by atoms with van der Waals surface area (Å²) >= 11 is 0. The van der Waals surface area contributed by atoms with Crippen molar-refractivity contribution in [2.75, 3.05) is 11.6 Å². The van der Waals surface area contributed by atoms with E-state index in [1.165, 1.54) is 12.1 Å². The first-order valence-electron chi connectivity index (χ1n) is 6.90. The SMILES string of the molecule is CS(=O)(=O)c1cccc(NC(=O)NC2CCC(O)CC2)c1. The third-order valence-electron chi connectivity index (χ3n) is 3.55. The van der Waals surface area contributed by atoms with Gasteiger partial charge < -0.3 is 15.7 Å². The normalized spacial score (nSPS) is 22.6. The molecule has 0 aromatic heterocycles. The monoisotopic (exact) mass is 312 g/mol. The summed E-state index contributed by atoms with van der Waals surface area (Å²) < 4.78 is 22.9.